The molecule has 0 aliphatic rings. The summed E-state index contributed by atoms with van der Waals surface area (Å²) in [5.74, 6) is 0. The van der Waals surface area contributed by atoms with Gasteiger partial charge >= 0.3 is 0 Å². The number of aromatic nitrogens is 5. The van der Waals surface area contributed by atoms with E-state index in [0.29, 0.717) is 0 Å². The van der Waals surface area contributed by atoms with E-state index in [2.05, 4.69) is 24.9 Å². The van der Waals surface area contributed by atoms with Crippen LogP contribution in [0.5, 0.6) is 0 Å². The van der Waals surface area contributed by atoms with Crippen LogP contribution in [0.4, 0.5) is 0 Å². The first-order valence-corrected chi connectivity index (χ1v) is 6.08. The highest BCUT2D eigenvalue weighted by Gasteiger charge is 1.89. The second-order valence-corrected chi connectivity index (χ2v) is 4.04. The van der Waals surface area contributed by atoms with Gasteiger partial charge in [-0.2, -0.15) is 0 Å². The Morgan fingerprint density at radius 3 is 2.05 bits per heavy atom. The second-order valence-electron chi connectivity index (χ2n) is 4.04. The van der Waals surface area contributed by atoms with Crippen LogP contribution in [0.25, 0.3) is 21.8 Å². The first-order valence-electron chi connectivity index (χ1n) is 6.08. The number of rotatable bonds is 0. The first kappa shape index (κ1) is 12.1. The molecule has 3 aromatic heterocycles. The van der Waals surface area contributed by atoms with Crippen LogP contribution in [0.2, 0.25) is 0 Å². The highest BCUT2D eigenvalue weighted by atomic mass is 14.8. The lowest BCUT2D eigenvalue weighted by Gasteiger charge is -1.90. The minimum absolute atomic E-state index is 0.887. The van der Waals surface area contributed by atoms with Crippen molar-refractivity contribution >= 4 is 21.8 Å². The second kappa shape index (κ2) is 5.79. The van der Waals surface area contributed by atoms with Crippen LogP contribution < -0.4 is 0 Å². The van der Waals surface area contributed by atoms with E-state index in [4.69, 9.17) is 0 Å². The standard InChI is InChI=1S/C8H6N2.C7H5N3/c1-2-4-8-7(3-1)5-9-6-10-8;1-2-8-4-7-6(1)3-9-5-10-7/h1-6H;1-5H. The SMILES string of the molecule is c1cc2cncnc2cn1.c1ccc2ncncc2c1. The van der Waals surface area contributed by atoms with E-state index in [9.17, 15) is 0 Å². The quantitative estimate of drug-likeness (QED) is 0.487. The van der Waals surface area contributed by atoms with E-state index in [-0.39, 0.29) is 0 Å². The van der Waals surface area contributed by atoms with Gasteiger partial charge in [0.2, 0.25) is 0 Å². The number of nitrogens with zero attached hydrogens (tertiary/aromatic N) is 5. The van der Waals surface area contributed by atoms with E-state index in [1.165, 1.54) is 6.33 Å². The van der Waals surface area contributed by atoms with E-state index >= 15 is 0 Å². The van der Waals surface area contributed by atoms with Gasteiger partial charge in [0.15, 0.2) is 0 Å². The molecule has 0 fully saturated rings. The highest BCUT2D eigenvalue weighted by molar-refractivity contribution is 5.76. The van der Waals surface area contributed by atoms with Gasteiger partial charge in [-0.25, -0.2) is 19.9 Å². The summed E-state index contributed by atoms with van der Waals surface area (Å²) in [5, 5.41) is 2.11. The summed E-state index contributed by atoms with van der Waals surface area (Å²) < 4.78 is 0. The minimum Gasteiger partial charge on any atom is -0.262 e. The largest absolute Gasteiger partial charge is 0.262 e. The summed E-state index contributed by atoms with van der Waals surface area (Å²) in [6, 6.07) is 9.79. The molecule has 0 unspecified atom stereocenters. The Hall–Kier alpha value is -2.95. The zero-order valence-corrected chi connectivity index (χ0v) is 10.6. The third kappa shape index (κ3) is 2.72. The Kier molecular flexibility index (Phi) is 3.51. The molecule has 0 saturated carbocycles. The monoisotopic (exact) mass is 261 g/mol. The maximum atomic E-state index is 4.07. The van der Waals surface area contributed by atoms with Gasteiger partial charge in [-0.1, -0.05) is 18.2 Å². The van der Waals surface area contributed by atoms with Crippen molar-refractivity contribution in [3.05, 3.63) is 67.8 Å². The molecule has 0 radical (unpaired) electrons. The molecule has 0 bridgehead atoms. The van der Waals surface area contributed by atoms with Crippen LogP contribution in [0.1, 0.15) is 0 Å². The van der Waals surface area contributed by atoms with Gasteiger partial charge in [-0.05, 0) is 12.1 Å². The van der Waals surface area contributed by atoms with Crippen molar-refractivity contribution in [2.45, 2.75) is 0 Å². The van der Waals surface area contributed by atoms with Gasteiger partial charge in [0.25, 0.3) is 0 Å². The molecule has 0 spiro atoms. The van der Waals surface area contributed by atoms with Gasteiger partial charge in [0.1, 0.15) is 12.7 Å². The van der Waals surface area contributed by atoms with Gasteiger partial charge in [0, 0.05) is 29.4 Å². The number of benzene rings is 1. The molecule has 1 aromatic carbocycles. The van der Waals surface area contributed by atoms with E-state index in [0.717, 1.165) is 21.8 Å². The lowest BCUT2D eigenvalue weighted by molar-refractivity contribution is 1.20. The average molecular weight is 261 g/mol. The number of fused-ring (bicyclic) bond motifs is 2. The fourth-order valence-electron chi connectivity index (χ4n) is 1.75. The van der Waals surface area contributed by atoms with Crippen molar-refractivity contribution in [2.75, 3.05) is 0 Å². The molecular formula is C15H11N5. The normalized spacial score (nSPS) is 10.0. The Labute approximate surface area is 115 Å². The van der Waals surface area contributed by atoms with E-state index in [1.807, 2.05) is 36.5 Å². The van der Waals surface area contributed by atoms with Crippen molar-refractivity contribution in [1.82, 2.24) is 24.9 Å². The van der Waals surface area contributed by atoms with Gasteiger partial charge in [-0.3, -0.25) is 4.98 Å². The first-order chi connectivity index (χ1) is 9.93. The predicted octanol–water partition coefficient (Wildman–Crippen LogP) is 2.65. The third-order valence-electron chi connectivity index (χ3n) is 2.72. The van der Waals surface area contributed by atoms with Crippen molar-refractivity contribution in [2.24, 2.45) is 0 Å². The smallest absolute Gasteiger partial charge is 0.116 e. The van der Waals surface area contributed by atoms with Crippen LogP contribution >= 0.6 is 0 Å². The fraction of sp³-hybridized carbons (Fsp3) is 0. The maximum Gasteiger partial charge on any atom is 0.116 e. The van der Waals surface area contributed by atoms with Gasteiger partial charge in [-0.15, -0.1) is 0 Å². The molecule has 4 aromatic rings. The molecular weight excluding hydrogens is 250 g/mol. The van der Waals surface area contributed by atoms with Crippen LogP contribution in [-0.2, 0) is 0 Å². The zero-order chi connectivity index (χ0) is 13.6. The van der Waals surface area contributed by atoms with Gasteiger partial charge in [0.05, 0.1) is 17.2 Å². The van der Waals surface area contributed by atoms with Crippen LogP contribution in [0, 0.1) is 0 Å². The van der Waals surface area contributed by atoms with Crippen molar-refractivity contribution < 1.29 is 0 Å². The van der Waals surface area contributed by atoms with Crippen LogP contribution in [0.3, 0.4) is 0 Å². The number of hydrogen-bond donors (Lipinski definition) is 0. The Bertz CT molecular complexity index is 630. The van der Waals surface area contributed by atoms with Crippen LogP contribution in [-0.4, -0.2) is 24.9 Å². The summed E-state index contributed by atoms with van der Waals surface area (Å²) in [6.45, 7) is 0. The Balaban J connectivity index is 0.000000121. The highest BCUT2D eigenvalue weighted by Crippen LogP contribution is 2.06. The van der Waals surface area contributed by atoms with E-state index < -0.39 is 0 Å². The van der Waals surface area contributed by atoms with E-state index in [1.54, 1.807) is 24.9 Å². The molecule has 4 rings (SSSR count). The summed E-state index contributed by atoms with van der Waals surface area (Å²) in [7, 11) is 0. The molecule has 0 atom stereocenters. The fourth-order valence-corrected chi connectivity index (χ4v) is 1.75. The van der Waals surface area contributed by atoms with Crippen LogP contribution in [0.15, 0.2) is 67.8 Å². The van der Waals surface area contributed by atoms with Crippen molar-refractivity contribution in [3.8, 4) is 0 Å². The molecule has 0 aliphatic heterocycles. The maximum absolute atomic E-state index is 4.07. The minimum atomic E-state index is 0.887. The Morgan fingerprint density at radius 1 is 0.600 bits per heavy atom. The van der Waals surface area contributed by atoms with Gasteiger partial charge < -0.3 is 0 Å². The molecule has 0 saturated heterocycles. The number of hydrogen-bond acceptors (Lipinski definition) is 5. The predicted molar refractivity (Wildman–Crippen MR) is 76.9 cm³/mol. The van der Waals surface area contributed by atoms with Crippen molar-refractivity contribution in [1.29, 1.82) is 0 Å². The van der Waals surface area contributed by atoms with Crippen molar-refractivity contribution in [3.63, 3.8) is 0 Å². The average Bonchev–Trinajstić information content (AvgIpc) is 2.56. The molecule has 0 N–H and O–H groups in total. The third-order valence-corrected chi connectivity index (χ3v) is 2.72. The molecule has 0 aliphatic carbocycles. The summed E-state index contributed by atoms with van der Waals surface area (Å²) >= 11 is 0. The summed E-state index contributed by atoms with van der Waals surface area (Å²) in [5.41, 5.74) is 1.88. The molecule has 20 heavy (non-hydrogen) atoms. The number of pyridine rings is 1. The molecule has 5 nitrogen and oxygen atoms in total. The molecule has 0 amide bonds. The molecule has 5 heteroatoms. The Morgan fingerprint density at radius 2 is 1.30 bits per heavy atom. The lowest BCUT2D eigenvalue weighted by atomic mass is 10.2. The summed E-state index contributed by atoms with van der Waals surface area (Å²) in [6.07, 6.45) is 10.1. The zero-order valence-electron chi connectivity index (χ0n) is 10.6. The topological polar surface area (TPSA) is 64.5 Å². The summed E-state index contributed by atoms with van der Waals surface area (Å²) in [4.78, 5) is 19.8. The molecule has 96 valence electrons. The molecule has 3 heterocycles. The lowest BCUT2D eigenvalue weighted by Crippen LogP contribution is -1.80. The number of para-hydroxylation sites is 1.